The molecular weight excluding hydrogens is 208 g/mol. The molecule has 0 saturated carbocycles. The first kappa shape index (κ1) is 10.7. The predicted octanol–water partition coefficient (Wildman–Crippen LogP) is 0.159. The van der Waals surface area contributed by atoms with Crippen LogP contribution in [0.2, 0.25) is 0 Å². The standard InChI is InChI=1S/C12H10O4/c13-9-6-7-10(14)12(15,16)11(9)8-4-2-1-3-5-8/h1-7,11,15-16H. The normalized spacial score (nSPS) is 23.5. The highest BCUT2D eigenvalue weighted by Crippen LogP contribution is 2.31. The van der Waals surface area contributed by atoms with Gasteiger partial charge in [0.1, 0.15) is 5.92 Å². The Bertz CT molecular complexity index is 459. The van der Waals surface area contributed by atoms with Gasteiger partial charge in [0, 0.05) is 0 Å². The SMILES string of the molecule is O=C1C=CC(=O)C(O)(O)C1c1ccccc1. The van der Waals surface area contributed by atoms with Crippen molar-refractivity contribution in [2.75, 3.05) is 0 Å². The third-order valence-corrected chi connectivity index (χ3v) is 2.58. The summed E-state index contributed by atoms with van der Waals surface area (Å²) in [6.45, 7) is 0. The van der Waals surface area contributed by atoms with Gasteiger partial charge >= 0.3 is 0 Å². The molecular formula is C12H10O4. The molecule has 0 fully saturated rings. The van der Waals surface area contributed by atoms with Crippen LogP contribution in [0.1, 0.15) is 11.5 Å². The highest BCUT2D eigenvalue weighted by Gasteiger charge is 2.47. The van der Waals surface area contributed by atoms with E-state index in [9.17, 15) is 19.8 Å². The molecule has 0 bridgehead atoms. The van der Waals surface area contributed by atoms with Crippen molar-refractivity contribution in [2.24, 2.45) is 0 Å². The summed E-state index contributed by atoms with van der Waals surface area (Å²) in [6.07, 6.45) is 1.96. The first-order chi connectivity index (χ1) is 7.53. The molecule has 2 N–H and O–H groups in total. The smallest absolute Gasteiger partial charge is 0.242 e. The minimum absolute atomic E-state index is 0.412. The minimum Gasteiger partial charge on any atom is -0.359 e. The fourth-order valence-corrected chi connectivity index (χ4v) is 1.76. The van der Waals surface area contributed by atoms with Gasteiger partial charge < -0.3 is 10.2 Å². The second-order valence-corrected chi connectivity index (χ2v) is 3.67. The zero-order valence-electron chi connectivity index (χ0n) is 8.33. The van der Waals surface area contributed by atoms with Gasteiger partial charge in [-0.2, -0.15) is 0 Å². The van der Waals surface area contributed by atoms with Crippen LogP contribution < -0.4 is 0 Å². The average Bonchev–Trinajstić information content (AvgIpc) is 2.25. The van der Waals surface area contributed by atoms with E-state index in [0.717, 1.165) is 12.2 Å². The van der Waals surface area contributed by atoms with Crippen molar-refractivity contribution < 1.29 is 19.8 Å². The van der Waals surface area contributed by atoms with E-state index in [-0.39, 0.29) is 0 Å². The Morgan fingerprint density at radius 2 is 1.62 bits per heavy atom. The highest BCUT2D eigenvalue weighted by molar-refractivity contribution is 6.12. The van der Waals surface area contributed by atoms with Gasteiger partial charge in [0.25, 0.3) is 0 Å². The van der Waals surface area contributed by atoms with Crippen LogP contribution in [-0.2, 0) is 9.59 Å². The predicted molar refractivity (Wildman–Crippen MR) is 55.5 cm³/mol. The van der Waals surface area contributed by atoms with E-state index < -0.39 is 23.3 Å². The van der Waals surface area contributed by atoms with E-state index >= 15 is 0 Å². The Balaban J connectivity index is 2.51. The van der Waals surface area contributed by atoms with Crippen LogP contribution >= 0.6 is 0 Å². The summed E-state index contributed by atoms with van der Waals surface area (Å²) in [4.78, 5) is 22.9. The molecule has 4 heteroatoms. The number of hydrogen-bond acceptors (Lipinski definition) is 4. The number of rotatable bonds is 1. The summed E-state index contributed by atoms with van der Waals surface area (Å²) in [6, 6.07) is 8.24. The van der Waals surface area contributed by atoms with Crippen molar-refractivity contribution >= 4 is 11.6 Å². The Morgan fingerprint density at radius 1 is 1.00 bits per heavy atom. The molecule has 1 aliphatic carbocycles. The lowest BCUT2D eigenvalue weighted by Gasteiger charge is -2.29. The van der Waals surface area contributed by atoms with Crippen molar-refractivity contribution in [1.29, 1.82) is 0 Å². The molecule has 1 aromatic carbocycles. The topological polar surface area (TPSA) is 74.6 Å². The largest absolute Gasteiger partial charge is 0.359 e. The van der Waals surface area contributed by atoms with Crippen molar-refractivity contribution in [3.05, 3.63) is 48.0 Å². The van der Waals surface area contributed by atoms with Gasteiger partial charge in [-0.3, -0.25) is 9.59 Å². The third kappa shape index (κ3) is 1.58. The van der Waals surface area contributed by atoms with Gasteiger partial charge in [0.2, 0.25) is 11.6 Å². The molecule has 1 atom stereocenters. The van der Waals surface area contributed by atoms with E-state index in [2.05, 4.69) is 0 Å². The Hall–Kier alpha value is -1.78. The summed E-state index contributed by atoms with van der Waals surface area (Å²) in [7, 11) is 0. The first-order valence-electron chi connectivity index (χ1n) is 4.79. The van der Waals surface area contributed by atoms with Crippen LogP contribution in [-0.4, -0.2) is 27.6 Å². The molecule has 16 heavy (non-hydrogen) atoms. The number of carbonyl (C=O) groups excluding carboxylic acids is 2. The molecule has 1 unspecified atom stereocenters. The molecule has 0 radical (unpaired) electrons. The van der Waals surface area contributed by atoms with Crippen molar-refractivity contribution in [2.45, 2.75) is 11.7 Å². The molecule has 0 amide bonds. The molecule has 4 nitrogen and oxygen atoms in total. The molecule has 2 rings (SSSR count). The number of aliphatic hydroxyl groups is 2. The number of allylic oxidation sites excluding steroid dienone is 1. The number of ketones is 2. The van der Waals surface area contributed by atoms with Gasteiger partial charge in [-0.15, -0.1) is 0 Å². The van der Waals surface area contributed by atoms with Crippen molar-refractivity contribution in [3.63, 3.8) is 0 Å². The third-order valence-electron chi connectivity index (χ3n) is 2.58. The van der Waals surface area contributed by atoms with E-state index in [1.165, 1.54) is 0 Å². The Labute approximate surface area is 91.8 Å². The van der Waals surface area contributed by atoms with Gasteiger partial charge in [-0.1, -0.05) is 30.3 Å². The number of hydrogen-bond donors (Lipinski definition) is 2. The Morgan fingerprint density at radius 3 is 2.25 bits per heavy atom. The van der Waals surface area contributed by atoms with Crippen LogP contribution in [0, 0.1) is 0 Å². The molecule has 0 heterocycles. The van der Waals surface area contributed by atoms with Gasteiger partial charge in [0.05, 0.1) is 0 Å². The monoisotopic (exact) mass is 218 g/mol. The maximum Gasteiger partial charge on any atom is 0.242 e. The average molecular weight is 218 g/mol. The van der Waals surface area contributed by atoms with Crippen LogP contribution in [0.4, 0.5) is 0 Å². The molecule has 1 aliphatic rings. The van der Waals surface area contributed by atoms with E-state index in [0.29, 0.717) is 5.56 Å². The minimum atomic E-state index is -2.65. The van der Waals surface area contributed by atoms with Crippen molar-refractivity contribution in [1.82, 2.24) is 0 Å². The lowest BCUT2D eigenvalue weighted by atomic mass is 9.81. The summed E-state index contributed by atoms with van der Waals surface area (Å²) in [5, 5.41) is 19.3. The first-order valence-corrected chi connectivity index (χ1v) is 4.79. The van der Waals surface area contributed by atoms with Crippen LogP contribution in [0.5, 0.6) is 0 Å². The summed E-state index contributed by atoms with van der Waals surface area (Å²) in [5.41, 5.74) is 0.412. The lowest BCUT2D eigenvalue weighted by molar-refractivity contribution is -0.189. The van der Waals surface area contributed by atoms with E-state index in [4.69, 9.17) is 0 Å². The zero-order chi connectivity index (χ0) is 11.8. The maximum absolute atomic E-state index is 11.6. The molecule has 1 aromatic rings. The molecule has 0 saturated heterocycles. The lowest BCUT2D eigenvalue weighted by Crippen LogP contribution is -2.48. The summed E-state index contributed by atoms with van der Waals surface area (Å²) < 4.78 is 0. The number of benzene rings is 1. The zero-order valence-corrected chi connectivity index (χ0v) is 8.33. The maximum atomic E-state index is 11.6. The Kier molecular flexibility index (Phi) is 2.46. The summed E-state index contributed by atoms with van der Waals surface area (Å²) in [5.74, 6) is -5.25. The van der Waals surface area contributed by atoms with Crippen LogP contribution in [0.15, 0.2) is 42.5 Å². The van der Waals surface area contributed by atoms with Gasteiger partial charge in [-0.05, 0) is 17.7 Å². The van der Waals surface area contributed by atoms with Gasteiger partial charge in [0.15, 0.2) is 5.78 Å². The molecule has 0 spiro atoms. The molecule has 82 valence electrons. The summed E-state index contributed by atoms with van der Waals surface area (Å²) >= 11 is 0. The second kappa shape index (κ2) is 3.66. The van der Waals surface area contributed by atoms with Crippen molar-refractivity contribution in [3.8, 4) is 0 Å². The van der Waals surface area contributed by atoms with Crippen LogP contribution in [0.3, 0.4) is 0 Å². The quantitative estimate of drug-likeness (QED) is 0.658. The fourth-order valence-electron chi connectivity index (χ4n) is 1.76. The van der Waals surface area contributed by atoms with E-state index in [1.54, 1.807) is 30.3 Å². The molecule has 0 aromatic heterocycles. The number of carbonyl (C=O) groups is 2. The van der Waals surface area contributed by atoms with E-state index in [1.807, 2.05) is 0 Å². The highest BCUT2D eigenvalue weighted by atomic mass is 16.5. The van der Waals surface area contributed by atoms with Gasteiger partial charge in [-0.25, -0.2) is 0 Å². The molecule has 0 aliphatic heterocycles. The fraction of sp³-hybridized carbons (Fsp3) is 0.167. The van der Waals surface area contributed by atoms with Crippen LogP contribution in [0.25, 0.3) is 0 Å². The second-order valence-electron chi connectivity index (χ2n) is 3.67.